The smallest absolute Gasteiger partial charge is 0.235 e. The highest BCUT2D eigenvalue weighted by molar-refractivity contribution is 7.99. The molecule has 8 nitrogen and oxygen atoms in total. The van der Waals surface area contributed by atoms with Crippen LogP contribution in [-0.4, -0.2) is 43.3 Å². The number of aromatic nitrogens is 5. The summed E-state index contributed by atoms with van der Waals surface area (Å²) >= 11 is 1.36. The zero-order chi connectivity index (χ0) is 20.2. The molecular weight excluding hydrogens is 388 g/mol. The van der Waals surface area contributed by atoms with Crippen molar-refractivity contribution in [1.82, 2.24) is 24.5 Å². The van der Waals surface area contributed by atoms with Gasteiger partial charge in [-0.15, -0.1) is 10.2 Å². The van der Waals surface area contributed by atoms with Crippen LogP contribution in [0.2, 0.25) is 0 Å². The number of ether oxygens (including phenoxy) is 1. The van der Waals surface area contributed by atoms with Gasteiger partial charge in [-0.3, -0.25) is 4.79 Å². The first-order valence-corrected chi connectivity index (χ1v) is 10.6. The van der Waals surface area contributed by atoms with Crippen LogP contribution in [0.5, 0.6) is 5.75 Å². The lowest BCUT2D eigenvalue weighted by Gasteiger charge is -2.14. The van der Waals surface area contributed by atoms with Gasteiger partial charge in [0.1, 0.15) is 11.6 Å². The van der Waals surface area contributed by atoms with E-state index in [4.69, 9.17) is 4.74 Å². The van der Waals surface area contributed by atoms with Crippen molar-refractivity contribution in [2.24, 2.45) is 7.05 Å². The second-order valence-electron chi connectivity index (χ2n) is 7.03. The second-order valence-corrected chi connectivity index (χ2v) is 7.97. The summed E-state index contributed by atoms with van der Waals surface area (Å²) in [5.41, 5.74) is 0.942. The van der Waals surface area contributed by atoms with Gasteiger partial charge in [-0.05, 0) is 37.1 Å². The predicted molar refractivity (Wildman–Crippen MR) is 112 cm³/mol. The van der Waals surface area contributed by atoms with Crippen molar-refractivity contribution < 1.29 is 9.53 Å². The van der Waals surface area contributed by atoms with Gasteiger partial charge in [0.25, 0.3) is 0 Å². The number of nitrogens with one attached hydrogen (secondary N) is 1. The highest BCUT2D eigenvalue weighted by Gasteiger charge is 2.21. The van der Waals surface area contributed by atoms with Crippen molar-refractivity contribution in [3.05, 3.63) is 36.5 Å². The largest absolute Gasteiger partial charge is 0.497 e. The van der Waals surface area contributed by atoms with Crippen LogP contribution in [0.25, 0.3) is 11.4 Å². The average molecular weight is 413 g/mol. The number of thioether (sulfide) groups is 1. The quantitative estimate of drug-likeness (QED) is 0.598. The Morgan fingerprint density at radius 1 is 1.21 bits per heavy atom. The number of carbonyl (C=O) groups is 1. The normalized spacial score (nSPS) is 14.3. The third-order valence-electron chi connectivity index (χ3n) is 5.12. The number of methoxy groups -OCH3 is 1. The summed E-state index contributed by atoms with van der Waals surface area (Å²) in [6.45, 7) is 0. The van der Waals surface area contributed by atoms with Crippen LogP contribution in [0.4, 0.5) is 5.82 Å². The number of amides is 1. The number of carbonyl (C=O) groups excluding carboxylic acids is 1. The van der Waals surface area contributed by atoms with Gasteiger partial charge in [-0.25, -0.2) is 4.68 Å². The summed E-state index contributed by atoms with van der Waals surface area (Å²) in [5.74, 6) is 2.47. The van der Waals surface area contributed by atoms with Gasteiger partial charge >= 0.3 is 0 Å². The van der Waals surface area contributed by atoms with Crippen molar-refractivity contribution in [1.29, 1.82) is 0 Å². The third-order valence-corrected chi connectivity index (χ3v) is 6.14. The Kier molecular flexibility index (Phi) is 5.84. The van der Waals surface area contributed by atoms with Gasteiger partial charge in [0.2, 0.25) is 5.91 Å². The van der Waals surface area contributed by atoms with Crippen molar-refractivity contribution in [2.45, 2.75) is 36.9 Å². The van der Waals surface area contributed by atoms with E-state index in [1.165, 1.54) is 24.6 Å². The maximum Gasteiger partial charge on any atom is 0.235 e. The fourth-order valence-electron chi connectivity index (χ4n) is 3.59. The van der Waals surface area contributed by atoms with E-state index in [-0.39, 0.29) is 11.7 Å². The van der Waals surface area contributed by atoms with Gasteiger partial charge in [-0.1, -0.05) is 24.6 Å². The number of benzene rings is 1. The number of hydrogen-bond donors (Lipinski definition) is 1. The van der Waals surface area contributed by atoms with Crippen LogP contribution >= 0.6 is 11.8 Å². The molecule has 0 aliphatic heterocycles. The second kappa shape index (κ2) is 8.69. The van der Waals surface area contributed by atoms with Gasteiger partial charge < -0.3 is 14.6 Å². The van der Waals surface area contributed by atoms with E-state index in [2.05, 4.69) is 20.6 Å². The number of anilines is 1. The molecule has 0 saturated heterocycles. The van der Waals surface area contributed by atoms with E-state index >= 15 is 0 Å². The fourth-order valence-corrected chi connectivity index (χ4v) is 4.31. The monoisotopic (exact) mass is 412 g/mol. The summed E-state index contributed by atoms with van der Waals surface area (Å²) in [7, 11) is 3.53. The predicted octanol–water partition coefficient (Wildman–Crippen LogP) is 3.53. The molecule has 1 amide bonds. The molecule has 2 heterocycles. The maximum atomic E-state index is 12.5. The van der Waals surface area contributed by atoms with E-state index in [0.717, 1.165) is 35.8 Å². The molecule has 0 radical (unpaired) electrons. The fraction of sp³-hybridized carbons (Fsp3) is 0.400. The van der Waals surface area contributed by atoms with Crippen LogP contribution in [0.3, 0.4) is 0 Å². The minimum Gasteiger partial charge on any atom is -0.497 e. The van der Waals surface area contributed by atoms with Crippen molar-refractivity contribution >= 4 is 23.5 Å². The van der Waals surface area contributed by atoms with Gasteiger partial charge in [-0.2, -0.15) is 5.10 Å². The average Bonchev–Trinajstić information content (AvgIpc) is 3.48. The Hall–Kier alpha value is -2.81. The van der Waals surface area contributed by atoms with E-state index in [1.807, 2.05) is 46.6 Å². The Morgan fingerprint density at radius 3 is 2.69 bits per heavy atom. The molecule has 1 N–H and O–H groups in total. The molecule has 4 rings (SSSR count). The molecule has 2 aromatic heterocycles. The molecular formula is C20H24N6O2S. The summed E-state index contributed by atoms with van der Waals surface area (Å²) in [5, 5.41) is 16.6. The van der Waals surface area contributed by atoms with Crippen LogP contribution in [-0.2, 0) is 11.8 Å². The van der Waals surface area contributed by atoms with E-state index in [1.54, 1.807) is 13.3 Å². The van der Waals surface area contributed by atoms with Gasteiger partial charge in [0.15, 0.2) is 11.0 Å². The van der Waals surface area contributed by atoms with E-state index in [0.29, 0.717) is 11.2 Å². The Labute approximate surface area is 173 Å². The van der Waals surface area contributed by atoms with E-state index < -0.39 is 0 Å². The minimum absolute atomic E-state index is 0.0799. The zero-order valence-electron chi connectivity index (χ0n) is 16.5. The summed E-state index contributed by atoms with van der Waals surface area (Å²) in [6.07, 6.45) is 6.41. The first-order valence-electron chi connectivity index (χ1n) is 9.65. The lowest BCUT2D eigenvalue weighted by molar-refractivity contribution is -0.113. The van der Waals surface area contributed by atoms with Gasteiger partial charge in [0.05, 0.1) is 25.1 Å². The van der Waals surface area contributed by atoms with Crippen molar-refractivity contribution in [2.75, 3.05) is 18.2 Å². The first kappa shape index (κ1) is 19.5. The third kappa shape index (κ3) is 4.29. The molecule has 0 bridgehead atoms. The van der Waals surface area contributed by atoms with Crippen LogP contribution in [0.1, 0.15) is 31.7 Å². The van der Waals surface area contributed by atoms with Crippen LogP contribution in [0.15, 0.2) is 41.7 Å². The topological polar surface area (TPSA) is 86.9 Å². The summed E-state index contributed by atoms with van der Waals surface area (Å²) in [4.78, 5) is 12.5. The highest BCUT2D eigenvalue weighted by Crippen LogP contribution is 2.31. The first-order chi connectivity index (χ1) is 14.2. The molecule has 0 unspecified atom stereocenters. The Bertz CT molecular complexity index is 975. The van der Waals surface area contributed by atoms with Crippen LogP contribution in [0, 0.1) is 0 Å². The zero-order valence-corrected chi connectivity index (χ0v) is 17.4. The van der Waals surface area contributed by atoms with Gasteiger partial charge in [0, 0.05) is 18.7 Å². The number of nitrogens with zero attached hydrogens (tertiary/aromatic N) is 5. The number of rotatable bonds is 7. The molecule has 1 aliphatic rings. The molecule has 9 heteroatoms. The Morgan fingerprint density at radius 2 is 1.97 bits per heavy atom. The lowest BCUT2D eigenvalue weighted by atomic mass is 10.2. The SMILES string of the molecule is COc1ccc(-c2nnc(SCC(=O)Nc3ccnn3C3CCCC3)n2C)cc1. The molecule has 1 saturated carbocycles. The molecule has 3 aromatic rings. The van der Waals surface area contributed by atoms with Crippen molar-refractivity contribution in [3.63, 3.8) is 0 Å². The molecule has 0 atom stereocenters. The molecule has 1 aliphatic carbocycles. The summed E-state index contributed by atoms with van der Waals surface area (Å²) < 4.78 is 9.03. The number of hydrogen-bond acceptors (Lipinski definition) is 6. The molecule has 1 fully saturated rings. The Balaban J connectivity index is 1.37. The molecule has 29 heavy (non-hydrogen) atoms. The molecule has 152 valence electrons. The molecule has 1 aromatic carbocycles. The van der Waals surface area contributed by atoms with Crippen molar-refractivity contribution in [3.8, 4) is 17.1 Å². The lowest BCUT2D eigenvalue weighted by Crippen LogP contribution is -2.19. The molecule has 0 spiro atoms. The van der Waals surface area contributed by atoms with E-state index in [9.17, 15) is 4.79 Å². The highest BCUT2D eigenvalue weighted by atomic mass is 32.2. The minimum atomic E-state index is -0.0799. The van der Waals surface area contributed by atoms with Crippen LogP contribution < -0.4 is 10.1 Å². The summed E-state index contributed by atoms with van der Waals surface area (Å²) in [6, 6.07) is 9.89. The maximum absolute atomic E-state index is 12.5. The standard InChI is InChI=1S/C20H24N6O2S/c1-25-19(14-7-9-16(28-2)10-8-14)23-24-20(25)29-13-18(27)22-17-11-12-21-26(17)15-5-3-4-6-15/h7-12,15H,3-6,13H2,1-2H3,(H,22,27).